The summed E-state index contributed by atoms with van der Waals surface area (Å²) in [5.74, 6) is -1.00. The van der Waals surface area contributed by atoms with Crippen molar-refractivity contribution in [1.82, 2.24) is 14.5 Å². The molecule has 0 heterocycles. The fraction of sp³-hybridized carbons (Fsp3) is 0.516. The fourth-order valence-corrected chi connectivity index (χ4v) is 6.66. The number of hydrogen-bond donors (Lipinski definition) is 4. The standard InChI is InChI=1S/C31H46N4O7S/c1-21(2)19-34(43(41,42)25-16-14-24(15-17-25)32-22(3)36)20-27(37)26(18-23-12-10-9-11-13-23)33-28(38)31(7,8)35(29(39)40)30(4,5)6/h9-17,21,26-27,37H,18-20H2,1-8H3,(H,32,36)(H,33,38)(H,39,40)/t26-,27+/m0/s1. The Balaban J connectivity index is 2.44. The third kappa shape index (κ3) is 9.77. The van der Waals surface area contributed by atoms with E-state index in [0.29, 0.717) is 5.69 Å². The van der Waals surface area contributed by atoms with E-state index in [1.54, 1.807) is 20.8 Å². The molecule has 2 atom stereocenters. The minimum absolute atomic E-state index is 0.0125. The second-order valence-corrected chi connectivity index (χ2v) is 14.5. The molecule has 0 spiro atoms. The number of aliphatic hydroxyl groups is 1. The van der Waals surface area contributed by atoms with Gasteiger partial charge in [0.15, 0.2) is 0 Å². The Kier molecular flexibility index (Phi) is 11.9. The van der Waals surface area contributed by atoms with Gasteiger partial charge in [0.2, 0.25) is 21.8 Å². The lowest BCUT2D eigenvalue weighted by molar-refractivity contribution is -0.135. The van der Waals surface area contributed by atoms with Crippen LogP contribution in [0.2, 0.25) is 0 Å². The van der Waals surface area contributed by atoms with Crippen LogP contribution in [0.5, 0.6) is 0 Å². The van der Waals surface area contributed by atoms with E-state index in [4.69, 9.17) is 0 Å². The maximum Gasteiger partial charge on any atom is 0.408 e. The SMILES string of the molecule is CC(=O)Nc1ccc(S(=O)(=O)N(CC(C)C)C[C@@H](O)[C@H](Cc2ccccc2)NC(=O)C(C)(C)N(C(=O)O)C(C)(C)C)cc1. The Hall–Kier alpha value is -3.48. The first-order valence-corrected chi connectivity index (χ1v) is 15.6. The third-order valence-electron chi connectivity index (χ3n) is 6.83. The van der Waals surface area contributed by atoms with Crippen molar-refractivity contribution in [3.05, 3.63) is 60.2 Å². The van der Waals surface area contributed by atoms with Crippen molar-refractivity contribution < 1.29 is 33.0 Å². The maximum absolute atomic E-state index is 13.7. The van der Waals surface area contributed by atoms with E-state index >= 15 is 0 Å². The molecular formula is C31H46N4O7S. The van der Waals surface area contributed by atoms with Crippen LogP contribution in [0.1, 0.15) is 61.0 Å². The molecule has 12 heteroatoms. The minimum atomic E-state index is -4.08. The second-order valence-electron chi connectivity index (χ2n) is 12.6. The normalized spacial score (nSPS) is 13.8. The Morgan fingerprint density at radius 3 is 1.93 bits per heavy atom. The third-order valence-corrected chi connectivity index (χ3v) is 8.67. The zero-order valence-electron chi connectivity index (χ0n) is 26.3. The van der Waals surface area contributed by atoms with Crippen molar-refractivity contribution in [2.45, 2.75) is 89.9 Å². The first-order valence-electron chi connectivity index (χ1n) is 14.2. The van der Waals surface area contributed by atoms with Crippen LogP contribution in [0.15, 0.2) is 59.5 Å². The van der Waals surface area contributed by atoms with Crippen LogP contribution in [0.25, 0.3) is 0 Å². The van der Waals surface area contributed by atoms with Gasteiger partial charge in [0.05, 0.1) is 17.0 Å². The van der Waals surface area contributed by atoms with E-state index in [-0.39, 0.29) is 36.2 Å². The second kappa shape index (κ2) is 14.3. The van der Waals surface area contributed by atoms with Crippen LogP contribution in [-0.2, 0) is 26.0 Å². The molecule has 0 aliphatic heterocycles. The Morgan fingerprint density at radius 2 is 1.47 bits per heavy atom. The largest absolute Gasteiger partial charge is 0.465 e. The first kappa shape index (κ1) is 35.7. The van der Waals surface area contributed by atoms with Gasteiger partial charge >= 0.3 is 6.09 Å². The summed E-state index contributed by atoms with van der Waals surface area (Å²) >= 11 is 0. The summed E-state index contributed by atoms with van der Waals surface area (Å²) in [6.45, 7) is 12.9. The fourth-order valence-electron chi connectivity index (χ4n) is 5.04. The van der Waals surface area contributed by atoms with Gasteiger partial charge in [0.25, 0.3) is 0 Å². The van der Waals surface area contributed by atoms with E-state index in [1.165, 1.54) is 49.3 Å². The van der Waals surface area contributed by atoms with Crippen molar-refractivity contribution >= 4 is 33.6 Å². The van der Waals surface area contributed by atoms with Gasteiger partial charge in [-0.15, -0.1) is 0 Å². The summed E-state index contributed by atoms with van der Waals surface area (Å²) in [6, 6.07) is 13.9. The number of rotatable bonds is 13. The monoisotopic (exact) mass is 618 g/mol. The average Bonchev–Trinajstić information content (AvgIpc) is 2.86. The molecule has 43 heavy (non-hydrogen) atoms. The highest BCUT2D eigenvalue weighted by Gasteiger charge is 2.45. The van der Waals surface area contributed by atoms with Crippen LogP contribution in [0.4, 0.5) is 10.5 Å². The van der Waals surface area contributed by atoms with Crippen molar-refractivity contribution in [1.29, 1.82) is 0 Å². The van der Waals surface area contributed by atoms with E-state index in [2.05, 4.69) is 10.6 Å². The van der Waals surface area contributed by atoms with Crippen LogP contribution in [0, 0.1) is 5.92 Å². The number of nitrogens with zero attached hydrogens (tertiary/aromatic N) is 2. The molecule has 0 aromatic heterocycles. The van der Waals surface area contributed by atoms with Gasteiger partial charge < -0.3 is 20.8 Å². The van der Waals surface area contributed by atoms with Gasteiger partial charge in [-0.1, -0.05) is 44.2 Å². The van der Waals surface area contributed by atoms with Gasteiger partial charge in [-0.05, 0) is 76.8 Å². The number of carbonyl (C=O) groups excluding carboxylic acids is 2. The lowest BCUT2D eigenvalue weighted by atomic mass is 9.92. The molecular weight excluding hydrogens is 572 g/mol. The lowest BCUT2D eigenvalue weighted by Crippen LogP contribution is -2.65. The number of carboxylic acid groups (broad SMARTS) is 1. The van der Waals surface area contributed by atoms with Gasteiger partial charge in [-0.25, -0.2) is 13.2 Å². The number of hydrogen-bond acceptors (Lipinski definition) is 6. The van der Waals surface area contributed by atoms with Crippen LogP contribution < -0.4 is 10.6 Å². The number of carbonyl (C=O) groups is 3. The average molecular weight is 619 g/mol. The number of nitrogens with one attached hydrogen (secondary N) is 2. The molecule has 2 aromatic carbocycles. The topological polar surface area (TPSA) is 156 Å². The van der Waals surface area contributed by atoms with Gasteiger partial charge in [0.1, 0.15) is 5.54 Å². The number of amides is 3. The van der Waals surface area contributed by atoms with Gasteiger partial charge in [-0.3, -0.25) is 14.5 Å². The van der Waals surface area contributed by atoms with Crippen LogP contribution in [0.3, 0.4) is 0 Å². The molecule has 0 saturated heterocycles. The Morgan fingerprint density at radius 1 is 0.907 bits per heavy atom. The molecule has 11 nitrogen and oxygen atoms in total. The van der Waals surface area contributed by atoms with Gasteiger partial charge in [-0.2, -0.15) is 4.31 Å². The lowest BCUT2D eigenvalue weighted by Gasteiger charge is -2.44. The minimum Gasteiger partial charge on any atom is -0.465 e. The molecule has 3 amide bonds. The summed E-state index contributed by atoms with van der Waals surface area (Å²) in [7, 11) is -4.08. The smallest absolute Gasteiger partial charge is 0.408 e. The maximum atomic E-state index is 13.7. The van der Waals surface area contributed by atoms with Crippen LogP contribution >= 0.6 is 0 Å². The summed E-state index contributed by atoms with van der Waals surface area (Å²) in [4.78, 5) is 38.3. The molecule has 0 unspecified atom stereocenters. The van der Waals surface area contributed by atoms with Gasteiger partial charge in [0, 0.05) is 31.2 Å². The van der Waals surface area contributed by atoms with E-state index < -0.39 is 45.2 Å². The molecule has 0 radical (unpaired) electrons. The van der Waals surface area contributed by atoms with E-state index in [9.17, 15) is 33.0 Å². The Bertz CT molecular complexity index is 1350. The summed E-state index contributed by atoms with van der Waals surface area (Å²) in [5, 5.41) is 26.9. The highest BCUT2D eigenvalue weighted by Crippen LogP contribution is 2.27. The van der Waals surface area contributed by atoms with E-state index in [1.807, 2.05) is 44.2 Å². The molecule has 238 valence electrons. The highest BCUT2D eigenvalue weighted by atomic mass is 32.2. The molecule has 0 saturated carbocycles. The zero-order valence-corrected chi connectivity index (χ0v) is 27.1. The van der Waals surface area contributed by atoms with Crippen molar-refractivity contribution in [3.8, 4) is 0 Å². The number of benzene rings is 2. The molecule has 0 aliphatic carbocycles. The molecule has 0 bridgehead atoms. The highest BCUT2D eigenvalue weighted by molar-refractivity contribution is 7.89. The number of anilines is 1. The summed E-state index contributed by atoms with van der Waals surface area (Å²) in [6.07, 6.45) is -2.44. The first-order chi connectivity index (χ1) is 19.8. The zero-order chi connectivity index (χ0) is 32.8. The molecule has 2 rings (SSSR count). The number of aliphatic hydroxyl groups excluding tert-OH is 1. The predicted octanol–water partition coefficient (Wildman–Crippen LogP) is 3.94. The number of sulfonamides is 1. The summed E-state index contributed by atoms with van der Waals surface area (Å²) < 4.78 is 28.7. The Labute approximate surface area is 255 Å². The molecule has 4 N–H and O–H groups in total. The quantitative estimate of drug-likeness (QED) is 0.265. The molecule has 0 aliphatic rings. The van der Waals surface area contributed by atoms with Crippen molar-refractivity contribution in [2.24, 2.45) is 5.92 Å². The summed E-state index contributed by atoms with van der Waals surface area (Å²) in [5.41, 5.74) is -1.18. The van der Waals surface area contributed by atoms with Crippen LogP contribution in [-0.4, -0.2) is 82.1 Å². The predicted molar refractivity (Wildman–Crippen MR) is 166 cm³/mol. The van der Waals surface area contributed by atoms with Crippen molar-refractivity contribution in [2.75, 3.05) is 18.4 Å². The van der Waals surface area contributed by atoms with E-state index in [0.717, 1.165) is 10.5 Å². The molecule has 0 fully saturated rings. The molecule has 2 aromatic rings. The van der Waals surface area contributed by atoms with Crippen molar-refractivity contribution in [3.63, 3.8) is 0 Å².